The molecular weight excluding hydrogens is 346 g/mol. The van der Waals surface area contributed by atoms with Crippen molar-refractivity contribution in [1.82, 2.24) is 15.1 Å². The van der Waals surface area contributed by atoms with Gasteiger partial charge in [-0.25, -0.2) is 0 Å². The minimum Gasteiger partial charge on any atom is -0.421 e. The van der Waals surface area contributed by atoms with Gasteiger partial charge in [0.2, 0.25) is 17.7 Å². The Morgan fingerprint density at radius 1 is 1.29 bits per heavy atom. The highest BCUT2D eigenvalue weighted by Crippen LogP contribution is 2.21. The van der Waals surface area contributed by atoms with Crippen molar-refractivity contribution in [1.29, 1.82) is 0 Å². The Bertz CT molecular complexity index is 817. The van der Waals surface area contributed by atoms with E-state index in [-0.39, 0.29) is 5.91 Å². The molecule has 1 aromatic carbocycles. The number of aryl methyl sites for hydroxylation is 1. The third-order valence-corrected chi connectivity index (χ3v) is 4.63. The second-order valence-corrected chi connectivity index (χ2v) is 6.54. The van der Waals surface area contributed by atoms with Crippen LogP contribution in [-0.2, 0) is 17.8 Å². The zero-order valence-corrected chi connectivity index (χ0v) is 14.7. The summed E-state index contributed by atoms with van der Waals surface area (Å²) < 4.78 is 5.59. The molecule has 3 aromatic rings. The highest BCUT2D eigenvalue weighted by Gasteiger charge is 2.14. The lowest BCUT2D eigenvalue weighted by Gasteiger charge is -2.17. The fraction of sp³-hybridized carbons (Fsp3) is 0.235. The molecule has 0 saturated carbocycles. The van der Waals surface area contributed by atoms with Crippen molar-refractivity contribution >= 4 is 28.8 Å². The van der Waals surface area contributed by atoms with Crippen LogP contribution in [-0.4, -0.2) is 28.1 Å². The van der Waals surface area contributed by atoms with E-state index < -0.39 is 0 Å². The van der Waals surface area contributed by atoms with Crippen LogP contribution in [0.25, 0.3) is 11.5 Å². The Morgan fingerprint density at radius 3 is 2.88 bits per heavy atom. The van der Waals surface area contributed by atoms with E-state index in [1.54, 1.807) is 23.3 Å². The van der Waals surface area contributed by atoms with Crippen molar-refractivity contribution in [3.63, 3.8) is 0 Å². The van der Waals surface area contributed by atoms with Gasteiger partial charge in [-0.3, -0.25) is 4.79 Å². The van der Waals surface area contributed by atoms with Crippen LogP contribution >= 0.6 is 22.9 Å². The molecule has 124 valence electrons. The van der Waals surface area contributed by atoms with Crippen molar-refractivity contribution in [3.8, 4) is 11.5 Å². The maximum Gasteiger partial charge on any atom is 0.248 e. The summed E-state index contributed by atoms with van der Waals surface area (Å²) in [4.78, 5) is 13.9. The Labute approximate surface area is 148 Å². The van der Waals surface area contributed by atoms with Crippen molar-refractivity contribution < 1.29 is 9.21 Å². The Balaban J connectivity index is 1.54. The van der Waals surface area contributed by atoms with Crippen LogP contribution in [0.5, 0.6) is 0 Å². The monoisotopic (exact) mass is 361 g/mol. The SMILES string of the molecule is CN(Cc1ccccc1Cl)C(=O)CCc1nnc(-c2ccsc2)o1. The highest BCUT2D eigenvalue weighted by atomic mass is 35.5. The van der Waals surface area contributed by atoms with Crippen LogP contribution in [0, 0.1) is 0 Å². The maximum atomic E-state index is 12.3. The summed E-state index contributed by atoms with van der Waals surface area (Å²) in [7, 11) is 1.76. The van der Waals surface area contributed by atoms with Crippen molar-refractivity contribution in [3.05, 3.63) is 57.6 Å². The van der Waals surface area contributed by atoms with E-state index in [9.17, 15) is 4.79 Å². The molecule has 0 fully saturated rings. The van der Waals surface area contributed by atoms with Gasteiger partial charge in [0.05, 0.1) is 0 Å². The van der Waals surface area contributed by atoms with Crippen LogP contribution in [0.3, 0.4) is 0 Å². The van der Waals surface area contributed by atoms with Crippen molar-refractivity contribution in [2.24, 2.45) is 0 Å². The van der Waals surface area contributed by atoms with Gasteiger partial charge in [0, 0.05) is 42.4 Å². The first-order valence-electron chi connectivity index (χ1n) is 7.46. The molecule has 1 amide bonds. The Morgan fingerprint density at radius 2 is 2.12 bits per heavy atom. The number of nitrogens with zero attached hydrogens (tertiary/aromatic N) is 3. The molecule has 0 unspecified atom stereocenters. The molecule has 2 heterocycles. The van der Waals surface area contributed by atoms with E-state index in [1.165, 1.54) is 0 Å². The van der Waals surface area contributed by atoms with Crippen molar-refractivity contribution in [2.75, 3.05) is 7.05 Å². The predicted molar refractivity (Wildman–Crippen MR) is 93.9 cm³/mol. The average molecular weight is 362 g/mol. The van der Waals surface area contributed by atoms with Crippen LogP contribution < -0.4 is 0 Å². The molecule has 0 atom stereocenters. The first kappa shape index (κ1) is 16.7. The van der Waals surface area contributed by atoms with Gasteiger partial charge in [-0.05, 0) is 23.1 Å². The lowest BCUT2D eigenvalue weighted by molar-refractivity contribution is -0.130. The van der Waals surface area contributed by atoms with Gasteiger partial charge in [0.25, 0.3) is 0 Å². The number of hydrogen-bond acceptors (Lipinski definition) is 5. The molecule has 0 bridgehead atoms. The van der Waals surface area contributed by atoms with Crippen LogP contribution in [0.4, 0.5) is 0 Å². The normalized spacial score (nSPS) is 10.8. The summed E-state index contributed by atoms with van der Waals surface area (Å²) in [6, 6.07) is 9.43. The van der Waals surface area contributed by atoms with Crippen molar-refractivity contribution in [2.45, 2.75) is 19.4 Å². The van der Waals surface area contributed by atoms with E-state index in [0.717, 1.165) is 11.1 Å². The Kier molecular flexibility index (Phi) is 5.27. The smallest absolute Gasteiger partial charge is 0.248 e. The molecule has 0 aliphatic carbocycles. The first-order chi connectivity index (χ1) is 11.6. The van der Waals surface area contributed by atoms with E-state index in [2.05, 4.69) is 10.2 Å². The van der Waals surface area contributed by atoms with E-state index in [0.29, 0.717) is 36.2 Å². The molecule has 3 rings (SSSR count). The molecule has 7 heteroatoms. The zero-order valence-electron chi connectivity index (χ0n) is 13.1. The number of carbonyl (C=O) groups is 1. The van der Waals surface area contributed by atoms with Crippen LogP contribution in [0.15, 0.2) is 45.5 Å². The topological polar surface area (TPSA) is 59.2 Å². The first-order valence-corrected chi connectivity index (χ1v) is 8.78. The maximum absolute atomic E-state index is 12.3. The van der Waals surface area contributed by atoms with E-state index in [4.69, 9.17) is 16.0 Å². The minimum atomic E-state index is 0.00482. The number of aromatic nitrogens is 2. The zero-order chi connectivity index (χ0) is 16.9. The molecule has 0 saturated heterocycles. The fourth-order valence-electron chi connectivity index (χ4n) is 2.23. The number of hydrogen-bond donors (Lipinski definition) is 0. The summed E-state index contributed by atoms with van der Waals surface area (Å²) in [6.07, 6.45) is 0.731. The second-order valence-electron chi connectivity index (χ2n) is 5.35. The van der Waals surface area contributed by atoms with Gasteiger partial charge in [0.15, 0.2) is 0 Å². The standard InChI is InChI=1S/C17H16ClN3O2S/c1-21(10-12-4-2-3-5-14(12)18)16(22)7-6-15-19-20-17(23-15)13-8-9-24-11-13/h2-5,8-9,11H,6-7,10H2,1H3. The molecule has 2 aromatic heterocycles. The van der Waals surface area contributed by atoms with Gasteiger partial charge in [-0.15, -0.1) is 10.2 Å². The number of rotatable bonds is 6. The number of amides is 1. The number of halogens is 1. The van der Waals surface area contributed by atoms with Crippen LogP contribution in [0.1, 0.15) is 17.9 Å². The molecule has 0 spiro atoms. The van der Waals surface area contributed by atoms with Gasteiger partial charge in [-0.2, -0.15) is 11.3 Å². The molecule has 5 nitrogen and oxygen atoms in total. The summed E-state index contributed by atoms with van der Waals surface area (Å²) in [6.45, 7) is 0.475. The fourth-order valence-corrected chi connectivity index (χ4v) is 3.06. The third kappa shape index (κ3) is 4.01. The van der Waals surface area contributed by atoms with Gasteiger partial charge >= 0.3 is 0 Å². The van der Waals surface area contributed by atoms with Gasteiger partial charge in [-0.1, -0.05) is 29.8 Å². The molecule has 0 aliphatic heterocycles. The lowest BCUT2D eigenvalue weighted by atomic mass is 10.2. The molecule has 0 radical (unpaired) electrons. The van der Waals surface area contributed by atoms with Crippen LogP contribution in [0.2, 0.25) is 5.02 Å². The molecule has 0 N–H and O–H groups in total. The number of thiophene rings is 1. The van der Waals surface area contributed by atoms with Gasteiger partial charge < -0.3 is 9.32 Å². The Hall–Kier alpha value is -2.18. The van der Waals surface area contributed by atoms with E-state index in [1.807, 2.05) is 41.1 Å². The molecule has 0 aliphatic rings. The highest BCUT2D eigenvalue weighted by molar-refractivity contribution is 7.08. The molecular formula is C17H16ClN3O2S. The number of benzene rings is 1. The largest absolute Gasteiger partial charge is 0.421 e. The number of carbonyl (C=O) groups excluding carboxylic acids is 1. The second kappa shape index (κ2) is 7.59. The quantitative estimate of drug-likeness (QED) is 0.664. The summed E-state index contributed by atoms with van der Waals surface area (Å²) >= 11 is 7.70. The minimum absolute atomic E-state index is 0.00482. The summed E-state index contributed by atoms with van der Waals surface area (Å²) in [5, 5.41) is 12.6. The summed E-state index contributed by atoms with van der Waals surface area (Å²) in [5.74, 6) is 0.962. The molecule has 24 heavy (non-hydrogen) atoms. The van der Waals surface area contributed by atoms with E-state index >= 15 is 0 Å². The predicted octanol–water partition coefficient (Wildman–Crippen LogP) is 4.04. The van der Waals surface area contributed by atoms with Gasteiger partial charge in [0.1, 0.15) is 0 Å². The third-order valence-electron chi connectivity index (χ3n) is 3.58. The summed E-state index contributed by atoms with van der Waals surface area (Å²) in [5.41, 5.74) is 1.83. The average Bonchev–Trinajstić information content (AvgIpc) is 3.25. The lowest BCUT2D eigenvalue weighted by Crippen LogP contribution is -2.26.